The first-order valence-corrected chi connectivity index (χ1v) is 9.59. The van der Waals surface area contributed by atoms with Gasteiger partial charge in [-0.05, 0) is 30.7 Å². The molecule has 0 aliphatic carbocycles. The number of nitrogen functional groups attached to an aromatic ring is 1. The van der Waals surface area contributed by atoms with Gasteiger partial charge in [-0.25, -0.2) is 0 Å². The third-order valence-electron chi connectivity index (χ3n) is 3.95. The zero-order chi connectivity index (χ0) is 19.3. The van der Waals surface area contributed by atoms with Crippen molar-refractivity contribution in [2.45, 2.75) is 17.8 Å². The summed E-state index contributed by atoms with van der Waals surface area (Å²) >= 11 is 1.49. The number of para-hydroxylation sites is 2. The van der Waals surface area contributed by atoms with Crippen LogP contribution in [0.15, 0.2) is 66.1 Å². The summed E-state index contributed by atoms with van der Waals surface area (Å²) in [5.74, 6) is 1.63. The summed E-state index contributed by atoms with van der Waals surface area (Å²) in [5.41, 5.74) is 8.92. The fourth-order valence-corrected chi connectivity index (χ4v) is 3.44. The Morgan fingerprint density at radius 2 is 1.79 bits per heavy atom. The van der Waals surface area contributed by atoms with Gasteiger partial charge in [0.1, 0.15) is 12.2 Å². The van der Waals surface area contributed by atoms with Gasteiger partial charge in [0.05, 0.1) is 11.4 Å². The zero-order valence-electron chi connectivity index (χ0n) is 15.1. The Morgan fingerprint density at radius 1 is 1.00 bits per heavy atom. The zero-order valence-corrected chi connectivity index (χ0v) is 16.0. The van der Waals surface area contributed by atoms with Crippen LogP contribution in [0.25, 0.3) is 5.69 Å². The average Bonchev–Trinajstić information content (AvgIpc) is 3.15. The molecule has 4 aromatic rings. The van der Waals surface area contributed by atoms with Crippen LogP contribution < -0.4 is 11.1 Å². The fraction of sp³-hybridized carbons (Fsp3) is 0.105. The van der Waals surface area contributed by atoms with E-state index in [4.69, 9.17) is 5.73 Å². The van der Waals surface area contributed by atoms with E-state index < -0.39 is 0 Å². The van der Waals surface area contributed by atoms with Crippen molar-refractivity contribution in [1.29, 1.82) is 0 Å². The SMILES string of the molecule is Cc1ccccc1-n1cnnc1SCc1nc(N)nc(Nc2ccccc2)n1. The first kappa shape index (κ1) is 17.9. The Hall–Kier alpha value is -3.46. The van der Waals surface area contributed by atoms with Crippen LogP contribution in [0.2, 0.25) is 0 Å². The third-order valence-corrected chi connectivity index (χ3v) is 4.89. The minimum Gasteiger partial charge on any atom is -0.368 e. The Bertz CT molecular complexity index is 1080. The molecule has 9 heteroatoms. The fourth-order valence-electron chi connectivity index (χ4n) is 2.66. The molecule has 0 fully saturated rings. The lowest BCUT2D eigenvalue weighted by Gasteiger charge is -2.09. The van der Waals surface area contributed by atoms with Crippen molar-refractivity contribution in [3.63, 3.8) is 0 Å². The van der Waals surface area contributed by atoms with Crippen LogP contribution in [0.3, 0.4) is 0 Å². The Morgan fingerprint density at radius 3 is 2.61 bits per heavy atom. The third kappa shape index (κ3) is 4.09. The molecule has 28 heavy (non-hydrogen) atoms. The van der Waals surface area contributed by atoms with Gasteiger partial charge in [0.25, 0.3) is 0 Å². The Kier molecular flexibility index (Phi) is 5.16. The molecule has 0 spiro atoms. The molecule has 3 N–H and O–H groups in total. The first-order valence-electron chi connectivity index (χ1n) is 8.60. The second-order valence-corrected chi connectivity index (χ2v) is 6.93. The van der Waals surface area contributed by atoms with Gasteiger partial charge in [-0.1, -0.05) is 48.2 Å². The van der Waals surface area contributed by atoms with E-state index in [0.29, 0.717) is 17.5 Å². The van der Waals surface area contributed by atoms with E-state index in [9.17, 15) is 0 Å². The number of benzene rings is 2. The summed E-state index contributed by atoms with van der Waals surface area (Å²) in [7, 11) is 0. The summed E-state index contributed by atoms with van der Waals surface area (Å²) < 4.78 is 1.95. The van der Waals surface area contributed by atoms with Gasteiger partial charge in [-0.2, -0.15) is 15.0 Å². The van der Waals surface area contributed by atoms with Crippen LogP contribution in [0.4, 0.5) is 17.6 Å². The van der Waals surface area contributed by atoms with E-state index in [-0.39, 0.29) is 5.95 Å². The molecule has 0 saturated carbocycles. The van der Waals surface area contributed by atoms with Gasteiger partial charge >= 0.3 is 0 Å². The van der Waals surface area contributed by atoms with Crippen molar-refractivity contribution in [3.05, 3.63) is 72.3 Å². The van der Waals surface area contributed by atoms with Crippen LogP contribution in [-0.4, -0.2) is 29.7 Å². The lowest BCUT2D eigenvalue weighted by molar-refractivity contribution is 0.874. The molecule has 0 atom stereocenters. The molecule has 4 rings (SSSR count). The minimum absolute atomic E-state index is 0.171. The second kappa shape index (κ2) is 8.05. The number of aromatic nitrogens is 6. The van der Waals surface area contributed by atoms with E-state index in [1.807, 2.05) is 53.1 Å². The van der Waals surface area contributed by atoms with Gasteiger partial charge in [-0.3, -0.25) is 4.57 Å². The van der Waals surface area contributed by atoms with Gasteiger partial charge in [0, 0.05) is 5.69 Å². The summed E-state index contributed by atoms with van der Waals surface area (Å²) in [5, 5.41) is 12.2. The molecule has 0 bridgehead atoms. The number of rotatable bonds is 6. The Labute approximate surface area is 166 Å². The van der Waals surface area contributed by atoms with Crippen molar-refractivity contribution in [2.24, 2.45) is 0 Å². The summed E-state index contributed by atoms with van der Waals surface area (Å²) in [4.78, 5) is 12.8. The maximum Gasteiger partial charge on any atom is 0.232 e. The number of aryl methyl sites for hydroxylation is 1. The quantitative estimate of drug-likeness (QED) is 0.483. The topological polar surface area (TPSA) is 107 Å². The molecular formula is C19H18N8S. The van der Waals surface area contributed by atoms with Gasteiger partial charge < -0.3 is 11.1 Å². The molecule has 0 saturated heterocycles. The van der Waals surface area contributed by atoms with Crippen LogP contribution in [0, 0.1) is 6.92 Å². The smallest absolute Gasteiger partial charge is 0.232 e. The molecule has 2 aromatic heterocycles. The maximum atomic E-state index is 5.86. The van der Waals surface area contributed by atoms with Gasteiger partial charge in [0.15, 0.2) is 5.16 Å². The Balaban J connectivity index is 1.52. The van der Waals surface area contributed by atoms with Crippen LogP contribution in [0.5, 0.6) is 0 Å². The normalized spacial score (nSPS) is 10.8. The highest BCUT2D eigenvalue weighted by atomic mass is 32.2. The van der Waals surface area contributed by atoms with Crippen molar-refractivity contribution < 1.29 is 0 Å². The van der Waals surface area contributed by atoms with Crippen molar-refractivity contribution in [3.8, 4) is 5.69 Å². The number of nitrogens with one attached hydrogen (secondary N) is 1. The van der Waals surface area contributed by atoms with Crippen molar-refractivity contribution in [2.75, 3.05) is 11.1 Å². The molecule has 0 radical (unpaired) electrons. The predicted molar refractivity (Wildman–Crippen MR) is 110 cm³/mol. The largest absolute Gasteiger partial charge is 0.368 e. The first-order chi connectivity index (χ1) is 13.7. The summed E-state index contributed by atoms with van der Waals surface area (Å²) in [6.45, 7) is 2.05. The summed E-state index contributed by atoms with van der Waals surface area (Å²) in [6.07, 6.45) is 1.70. The molecule has 0 aliphatic heterocycles. The number of hydrogen-bond donors (Lipinski definition) is 2. The molecule has 8 nitrogen and oxygen atoms in total. The minimum atomic E-state index is 0.171. The highest BCUT2D eigenvalue weighted by molar-refractivity contribution is 7.98. The van der Waals surface area contributed by atoms with Crippen LogP contribution >= 0.6 is 11.8 Å². The van der Waals surface area contributed by atoms with E-state index in [1.54, 1.807) is 6.33 Å². The second-order valence-electron chi connectivity index (χ2n) is 5.98. The average molecular weight is 390 g/mol. The molecule has 2 aromatic carbocycles. The number of thioether (sulfide) groups is 1. The van der Waals surface area contributed by atoms with E-state index >= 15 is 0 Å². The van der Waals surface area contributed by atoms with E-state index in [1.165, 1.54) is 11.8 Å². The molecular weight excluding hydrogens is 372 g/mol. The van der Waals surface area contributed by atoms with Crippen molar-refractivity contribution >= 4 is 29.3 Å². The molecule has 140 valence electrons. The van der Waals surface area contributed by atoms with Gasteiger partial charge in [-0.15, -0.1) is 10.2 Å². The number of nitrogens with zero attached hydrogens (tertiary/aromatic N) is 6. The highest BCUT2D eigenvalue weighted by Crippen LogP contribution is 2.24. The number of anilines is 3. The number of nitrogens with two attached hydrogens (primary N) is 1. The number of hydrogen-bond acceptors (Lipinski definition) is 8. The molecule has 2 heterocycles. The van der Waals surface area contributed by atoms with Crippen molar-refractivity contribution in [1.82, 2.24) is 29.7 Å². The van der Waals surface area contributed by atoms with E-state index in [2.05, 4.69) is 43.5 Å². The molecule has 0 aliphatic rings. The van der Waals surface area contributed by atoms with E-state index in [0.717, 1.165) is 22.1 Å². The lowest BCUT2D eigenvalue weighted by atomic mass is 10.2. The lowest BCUT2D eigenvalue weighted by Crippen LogP contribution is -2.07. The predicted octanol–water partition coefficient (Wildman–Crippen LogP) is 3.38. The molecule has 0 amide bonds. The van der Waals surface area contributed by atoms with Crippen LogP contribution in [-0.2, 0) is 5.75 Å². The van der Waals surface area contributed by atoms with Crippen LogP contribution in [0.1, 0.15) is 11.4 Å². The van der Waals surface area contributed by atoms with Gasteiger partial charge in [0.2, 0.25) is 11.9 Å². The standard InChI is InChI=1S/C19H18N8S/c1-13-7-5-6-10-15(13)27-12-21-26-19(27)28-11-16-23-17(20)25-18(24-16)22-14-8-3-2-4-9-14/h2-10,12H,11H2,1H3,(H3,20,22,23,24,25). The highest BCUT2D eigenvalue weighted by Gasteiger charge is 2.11. The summed E-state index contributed by atoms with van der Waals surface area (Å²) in [6, 6.07) is 17.8. The monoisotopic (exact) mass is 390 g/mol. The maximum absolute atomic E-state index is 5.86. The molecule has 0 unspecified atom stereocenters.